The second-order valence-electron chi connectivity index (χ2n) is 8.09. The summed E-state index contributed by atoms with van der Waals surface area (Å²) >= 11 is 1.47. The molecule has 176 valence electrons. The molecule has 4 rings (SSSR count). The Hall–Kier alpha value is -3.38. The Morgan fingerprint density at radius 3 is 2.53 bits per heavy atom. The van der Waals surface area contributed by atoms with Crippen molar-refractivity contribution in [2.45, 2.75) is 39.3 Å². The van der Waals surface area contributed by atoms with Crippen molar-refractivity contribution in [1.82, 2.24) is 5.32 Å². The average Bonchev–Trinajstić information content (AvgIpc) is 3.17. The van der Waals surface area contributed by atoms with Gasteiger partial charge in [0.15, 0.2) is 17.0 Å². The number of carbonyl (C=O) groups excluding carboxylic acids is 1. The predicted molar refractivity (Wildman–Crippen MR) is 140 cm³/mol. The third-order valence-corrected chi connectivity index (χ3v) is 6.46. The van der Waals surface area contributed by atoms with E-state index in [1.165, 1.54) is 22.9 Å². The number of ether oxygens (including phenoxy) is 2. The van der Waals surface area contributed by atoms with Crippen molar-refractivity contribution in [3.8, 4) is 11.5 Å². The Labute approximate surface area is 205 Å². The van der Waals surface area contributed by atoms with Crippen LogP contribution in [0.15, 0.2) is 71.6 Å². The number of carbonyl (C=O) groups is 1. The predicted octanol–water partition coefficient (Wildman–Crippen LogP) is 6.13. The molecule has 0 unspecified atom stereocenters. The third-order valence-electron chi connectivity index (χ3n) is 5.43. The number of aryl methyl sites for hydroxylation is 2. The SMILES string of the molecule is CCOc1cc(/C=C2\S[C@@H](Nc3ccc(CC)cc3)NC2=O)ccc1OCc1cccc(C)c1. The van der Waals surface area contributed by atoms with Gasteiger partial charge in [0.05, 0.1) is 11.5 Å². The molecule has 1 aliphatic rings. The van der Waals surface area contributed by atoms with Gasteiger partial charge in [0.25, 0.3) is 5.91 Å². The fraction of sp³-hybridized carbons (Fsp3) is 0.250. The van der Waals surface area contributed by atoms with E-state index < -0.39 is 0 Å². The molecule has 5 nitrogen and oxygen atoms in total. The summed E-state index contributed by atoms with van der Waals surface area (Å²) in [5, 5.41) is 6.34. The van der Waals surface area contributed by atoms with E-state index >= 15 is 0 Å². The van der Waals surface area contributed by atoms with Crippen LogP contribution in [0.4, 0.5) is 5.69 Å². The van der Waals surface area contributed by atoms with Gasteiger partial charge in [-0.05, 0) is 67.3 Å². The summed E-state index contributed by atoms with van der Waals surface area (Å²) in [5.74, 6) is 1.26. The van der Waals surface area contributed by atoms with E-state index in [1.54, 1.807) is 0 Å². The average molecular weight is 475 g/mol. The summed E-state index contributed by atoms with van der Waals surface area (Å²) in [6, 6.07) is 22.3. The summed E-state index contributed by atoms with van der Waals surface area (Å²) in [6.07, 6.45) is 2.89. The van der Waals surface area contributed by atoms with E-state index in [2.05, 4.69) is 48.7 Å². The molecular formula is C28H30N2O3S. The second-order valence-corrected chi connectivity index (χ2v) is 9.24. The number of hydrogen-bond acceptors (Lipinski definition) is 5. The number of thioether (sulfide) groups is 1. The van der Waals surface area contributed by atoms with Crippen LogP contribution in [0.3, 0.4) is 0 Å². The Bertz CT molecular complexity index is 1170. The molecule has 1 atom stereocenters. The van der Waals surface area contributed by atoms with Crippen molar-refractivity contribution in [1.29, 1.82) is 0 Å². The van der Waals surface area contributed by atoms with E-state index in [4.69, 9.17) is 9.47 Å². The minimum absolute atomic E-state index is 0.0922. The first kappa shape index (κ1) is 23.8. The van der Waals surface area contributed by atoms with Crippen LogP contribution in [0.25, 0.3) is 6.08 Å². The molecule has 1 aliphatic heterocycles. The Balaban J connectivity index is 1.44. The Morgan fingerprint density at radius 2 is 1.79 bits per heavy atom. The number of rotatable bonds is 9. The highest BCUT2D eigenvalue weighted by Gasteiger charge is 2.27. The molecule has 3 aromatic rings. The number of amides is 1. The molecule has 2 N–H and O–H groups in total. The highest BCUT2D eigenvalue weighted by molar-refractivity contribution is 8.05. The fourth-order valence-electron chi connectivity index (χ4n) is 3.67. The first-order chi connectivity index (χ1) is 16.5. The van der Waals surface area contributed by atoms with E-state index in [0.717, 1.165) is 23.2 Å². The molecule has 0 saturated carbocycles. The zero-order valence-electron chi connectivity index (χ0n) is 19.8. The lowest BCUT2D eigenvalue weighted by atomic mass is 10.1. The lowest BCUT2D eigenvalue weighted by Gasteiger charge is -2.13. The smallest absolute Gasteiger partial charge is 0.260 e. The molecule has 0 aromatic heterocycles. The molecule has 3 aromatic carbocycles. The van der Waals surface area contributed by atoms with Crippen LogP contribution in [-0.4, -0.2) is 18.0 Å². The lowest BCUT2D eigenvalue weighted by Crippen LogP contribution is -2.30. The van der Waals surface area contributed by atoms with Crippen molar-refractivity contribution in [3.63, 3.8) is 0 Å². The van der Waals surface area contributed by atoms with Crippen LogP contribution < -0.4 is 20.1 Å². The standard InChI is InChI=1S/C28H30N2O3S/c1-4-20-9-12-23(13-10-20)29-28-30-27(31)26(34-28)17-21-11-14-24(25(16-21)32-5-2)33-18-22-8-6-7-19(3)15-22/h6-17,28-29H,4-5,18H2,1-3H3,(H,30,31)/b26-17-/t28-/m0/s1. The normalized spacial score (nSPS) is 16.4. The van der Waals surface area contributed by atoms with Crippen LogP contribution in [0.2, 0.25) is 0 Å². The minimum Gasteiger partial charge on any atom is -0.490 e. The number of nitrogens with one attached hydrogen (secondary N) is 2. The summed E-state index contributed by atoms with van der Waals surface area (Å²) in [7, 11) is 0. The fourth-order valence-corrected chi connectivity index (χ4v) is 4.65. The van der Waals surface area contributed by atoms with E-state index in [1.807, 2.05) is 55.5 Å². The summed E-state index contributed by atoms with van der Waals surface area (Å²) in [4.78, 5) is 13.2. The number of benzene rings is 3. The molecule has 1 heterocycles. The maximum Gasteiger partial charge on any atom is 0.260 e. The van der Waals surface area contributed by atoms with Gasteiger partial charge in [-0.3, -0.25) is 4.79 Å². The first-order valence-electron chi connectivity index (χ1n) is 11.5. The first-order valence-corrected chi connectivity index (χ1v) is 12.4. The van der Waals surface area contributed by atoms with Crippen molar-refractivity contribution in [2.24, 2.45) is 0 Å². The Kier molecular flexibility index (Phi) is 7.80. The third kappa shape index (κ3) is 6.14. The molecule has 0 aliphatic carbocycles. The molecule has 1 saturated heterocycles. The van der Waals surface area contributed by atoms with Crippen LogP contribution in [0.1, 0.15) is 36.1 Å². The van der Waals surface area contributed by atoms with Crippen LogP contribution in [0.5, 0.6) is 11.5 Å². The van der Waals surface area contributed by atoms with E-state index in [9.17, 15) is 4.79 Å². The molecule has 0 bridgehead atoms. The summed E-state index contributed by atoms with van der Waals surface area (Å²) < 4.78 is 11.9. The molecule has 0 radical (unpaired) electrons. The molecule has 1 amide bonds. The van der Waals surface area contributed by atoms with Gasteiger partial charge in [-0.1, -0.05) is 66.7 Å². The minimum atomic E-state index is -0.213. The summed E-state index contributed by atoms with van der Waals surface area (Å²) in [5.41, 5.74) is 5.24. The van der Waals surface area contributed by atoms with Gasteiger partial charge < -0.3 is 20.1 Å². The lowest BCUT2D eigenvalue weighted by molar-refractivity contribution is -0.116. The number of hydrogen-bond donors (Lipinski definition) is 2. The van der Waals surface area contributed by atoms with Gasteiger partial charge >= 0.3 is 0 Å². The van der Waals surface area contributed by atoms with Crippen molar-refractivity contribution < 1.29 is 14.3 Å². The van der Waals surface area contributed by atoms with E-state index in [-0.39, 0.29) is 11.4 Å². The second kappa shape index (κ2) is 11.2. The maximum atomic E-state index is 12.5. The highest BCUT2D eigenvalue weighted by atomic mass is 32.2. The zero-order valence-corrected chi connectivity index (χ0v) is 20.6. The zero-order chi connectivity index (χ0) is 23.9. The Morgan fingerprint density at radius 1 is 0.971 bits per heavy atom. The van der Waals surface area contributed by atoms with Gasteiger partial charge in [0, 0.05) is 5.69 Å². The maximum absolute atomic E-state index is 12.5. The molecular weight excluding hydrogens is 444 g/mol. The van der Waals surface area contributed by atoms with Gasteiger partial charge in [0.1, 0.15) is 6.61 Å². The monoisotopic (exact) mass is 474 g/mol. The molecule has 1 fully saturated rings. The van der Waals surface area contributed by atoms with Gasteiger partial charge in [0.2, 0.25) is 0 Å². The van der Waals surface area contributed by atoms with Gasteiger partial charge in [-0.25, -0.2) is 0 Å². The van der Waals surface area contributed by atoms with Gasteiger partial charge in [-0.2, -0.15) is 0 Å². The van der Waals surface area contributed by atoms with Gasteiger partial charge in [-0.15, -0.1) is 0 Å². The topological polar surface area (TPSA) is 59.6 Å². The van der Waals surface area contributed by atoms with Crippen LogP contribution >= 0.6 is 11.8 Å². The van der Waals surface area contributed by atoms with Crippen LogP contribution in [-0.2, 0) is 17.8 Å². The number of anilines is 1. The molecule has 0 spiro atoms. The van der Waals surface area contributed by atoms with Crippen LogP contribution in [0, 0.1) is 6.92 Å². The van der Waals surface area contributed by atoms with E-state index in [0.29, 0.717) is 29.6 Å². The van der Waals surface area contributed by atoms with Crippen molar-refractivity contribution >= 4 is 29.4 Å². The van der Waals surface area contributed by atoms with Crippen molar-refractivity contribution in [2.75, 3.05) is 11.9 Å². The quantitative estimate of drug-likeness (QED) is 0.365. The van der Waals surface area contributed by atoms with Crippen molar-refractivity contribution in [3.05, 3.63) is 93.9 Å². The molecule has 34 heavy (non-hydrogen) atoms. The largest absolute Gasteiger partial charge is 0.490 e. The molecule has 6 heteroatoms. The highest BCUT2D eigenvalue weighted by Crippen LogP contribution is 2.34. The summed E-state index contributed by atoms with van der Waals surface area (Å²) in [6.45, 7) is 7.13.